The van der Waals surface area contributed by atoms with Gasteiger partial charge in [0.25, 0.3) is 0 Å². The van der Waals surface area contributed by atoms with Crippen molar-refractivity contribution in [2.45, 2.75) is 52.2 Å². The lowest BCUT2D eigenvalue weighted by atomic mass is 9.67. The zero-order chi connectivity index (χ0) is 14.4. The molecule has 3 saturated carbocycles. The van der Waals surface area contributed by atoms with Crippen LogP contribution in [0.15, 0.2) is 0 Å². The van der Waals surface area contributed by atoms with E-state index in [-0.39, 0.29) is 29.9 Å². The number of aliphatic hydroxyl groups excluding tert-OH is 1. The molecule has 4 aliphatic rings. The van der Waals surface area contributed by atoms with Crippen LogP contribution in [0, 0.1) is 35.0 Å². The minimum Gasteiger partial charge on any atom is -0.393 e. The third-order valence-corrected chi connectivity index (χ3v) is 6.23. The van der Waals surface area contributed by atoms with Gasteiger partial charge in [-0.15, -0.1) is 0 Å². The van der Waals surface area contributed by atoms with Crippen LogP contribution in [0.3, 0.4) is 0 Å². The highest BCUT2D eigenvalue weighted by molar-refractivity contribution is 6.04. The molecule has 1 N–H and O–H groups in total. The summed E-state index contributed by atoms with van der Waals surface area (Å²) in [6.07, 6.45) is 2.66. The number of amides is 2. The summed E-state index contributed by atoms with van der Waals surface area (Å²) in [5.41, 5.74) is -0.489. The van der Waals surface area contributed by atoms with Crippen molar-refractivity contribution < 1.29 is 14.7 Å². The summed E-state index contributed by atoms with van der Waals surface area (Å²) in [6.45, 7) is 5.64. The number of imide groups is 1. The number of carbonyl (C=O) groups is 2. The summed E-state index contributed by atoms with van der Waals surface area (Å²) in [4.78, 5) is 26.5. The zero-order valence-corrected chi connectivity index (χ0v) is 12.4. The first-order valence-electron chi connectivity index (χ1n) is 7.86. The van der Waals surface area contributed by atoms with Crippen molar-refractivity contribution in [2.24, 2.45) is 35.0 Å². The first kappa shape index (κ1) is 12.8. The first-order chi connectivity index (χ1) is 9.30. The number of aliphatic hydroxyl groups is 1. The molecule has 4 nitrogen and oxygen atoms in total. The monoisotopic (exact) mass is 277 g/mol. The molecule has 0 aromatic rings. The molecule has 0 spiro atoms. The third-order valence-electron chi connectivity index (χ3n) is 6.23. The fourth-order valence-corrected chi connectivity index (χ4v) is 5.55. The molecule has 7 unspecified atom stereocenters. The van der Waals surface area contributed by atoms with Crippen molar-refractivity contribution in [3.63, 3.8) is 0 Å². The highest BCUT2D eigenvalue weighted by Crippen LogP contribution is 2.65. The smallest absolute Gasteiger partial charge is 0.234 e. The van der Waals surface area contributed by atoms with E-state index in [4.69, 9.17) is 0 Å². The highest BCUT2D eigenvalue weighted by atomic mass is 16.3. The summed E-state index contributed by atoms with van der Waals surface area (Å²) in [5.74, 6) is 2.08. The van der Waals surface area contributed by atoms with Crippen molar-refractivity contribution >= 4 is 11.8 Å². The molecular formula is C16H23NO3. The van der Waals surface area contributed by atoms with Crippen molar-refractivity contribution in [1.82, 2.24) is 4.90 Å². The number of nitrogens with zero attached hydrogens (tertiary/aromatic N) is 1. The Balaban J connectivity index is 1.62. The number of hydrogen-bond donors (Lipinski definition) is 1. The Labute approximate surface area is 119 Å². The lowest BCUT2D eigenvalue weighted by Crippen LogP contribution is -2.68. The van der Waals surface area contributed by atoms with Gasteiger partial charge in [-0.2, -0.15) is 0 Å². The molecule has 0 radical (unpaired) electrons. The first-order valence-corrected chi connectivity index (χ1v) is 7.86. The maximum Gasteiger partial charge on any atom is 0.234 e. The quantitative estimate of drug-likeness (QED) is 0.681. The molecule has 0 aromatic heterocycles. The van der Waals surface area contributed by atoms with Gasteiger partial charge in [0.2, 0.25) is 11.8 Å². The fourth-order valence-electron chi connectivity index (χ4n) is 5.55. The molecule has 2 bridgehead atoms. The maximum absolute atomic E-state index is 12.5. The number of fused-ring (bicyclic) bond motifs is 8. The molecule has 110 valence electrons. The van der Waals surface area contributed by atoms with Gasteiger partial charge < -0.3 is 5.11 Å². The predicted octanol–water partition coefficient (Wildman–Crippen LogP) is 1.42. The summed E-state index contributed by atoms with van der Waals surface area (Å²) >= 11 is 0. The highest BCUT2D eigenvalue weighted by Gasteiger charge is 2.70. The van der Waals surface area contributed by atoms with Crippen LogP contribution in [0.1, 0.15) is 40.0 Å². The zero-order valence-electron chi connectivity index (χ0n) is 12.4. The molecule has 4 fully saturated rings. The van der Waals surface area contributed by atoms with Crippen LogP contribution < -0.4 is 0 Å². The number of β-lactam (4-membered cyclic amide) rings is 1. The fraction of sp³-hybridized carbons (Fsp3) is 0.875. The SMILES string of the molecule is CC(C)(C)C(=O)N1C(=O)C2C3CC(C4CC(O)CC43)C21. The predicted molar refractivity (Wildman–Crippen MR) is 72.4 cm³/mol. The minimum absolute atomic E-state index is 0.0219. The second-order valence-corrected chi connectivity index (χ2v) is 8.30. The van der Waals surface area contributed by atoms with Crippen LogP contribution >= 0.6 is 0 Å². The molecule has 1 saturated heterocycles. The van der Waals surface area contributed by atoms with Gasteiger partial charge >= 0.3 is 0 Å². The molecule has 3 aliphatic carbocycles. The standard InChI is InChI=1S/C16H23NO3/c1-16(2,3)15(20)17-13-11-6-10(12(13)14(17)19)8-4-7(18)5-9(8)11/h7-13,18H,4-6H2,1-3H3. The number of carbonyl (C=O) groups excluding carboxylic acids is 2. The molecule has 4 rings (SSSR count). The molecule has 4 heteroatoms. The van der Waals surface area contributed by atoms with E-state index in [0.29, 0.717) is 23.7 Å². The van der Waals surface area contributed by atoms with Gasteiger partial charge in [-0.05, 0) is 42.9 Å². The summed E-state index contributed by atoms with van der Waals surface area (Å²) in [6, 6.07) is 0.144. The van der Waals surface area contributed by atoms with Crippen molar-refractivity contribution in [3.8, 4) is 0 Å². The van der Waals surface area contributed by atoms with E-state index in [2.05, 4.69) is 0 Å². The molecule has 2 amide bonds. The van der Waals surface area contributed by atoms with Crippen LogP contribution in [0.25, 0.3) is 0 Å². The summed E-state index contributed by atoms with van der Waals surface area (Å²) in [5, 5.41) is 9.90. The normalized spacial score (nSPS) is 49.1. The van der Waals surface area contributed by atoms with E-state index in [0.717, 1.165) is 19.3 Å². The van der Waals surface area contributed by atoms with Crippen molar-refractivity contribution in [1.29, 1.82) is 0 Å². The van der Waals surface area contributed by atoms with Gasteiger partial charge in [-0.25, -0.2) is 0 Å². The van der Waals surface area contributed by atoms with E-state index >= 15 is 0 Å². The van der Waals surface area contributed by atoms with E-state index in [1.165, 1.54) is 0 Å². The van der Waals surface area contributed by atoms with E-state index in [1.54, 1.807) is 4.90 Å². The van der Waals surface area contributed by atoms with E-state index < -0.39 is 5.41 Å². The summed E-state index contributed by atoms with van der Waals surface area (Å²) in [7, 11) is 0. The lowest BCUT2D eigenvalue weighted by Gasteiger charge is -2.52. The average molecular weight is 277 g/mol. The van der Waals surface area contributed by atoms with Gasteiger partial charge in [0, 0.05) is 5.41 Å². The Kier molecular flexibility index (Phi) is 2.34. The van der Waals surface area contributed by atoms with Gasteiger partial charge in [-0.1, -0.05) is 20.8 Å². The summed E-state index contributed by atoms with van der Waals surface area (Å²) < 4.78 is 0. The second-order valence-electron chi connectivity index (χ2n) is 8.30. The van der Waals surface area contributed by atoms with Crippen LogP contribution in [0.5, 0.6) is 0 Å². The number of rotatable bonds is 0. The van der Waals surface area contributed by atoms with Crippen LogP contribution in [-0.4, -0.2) is 34.0 Å². The molecular weight excluding hydrogens is 254 g/mol. The molecule has 1 heterocycles. The Bertz CT molecular complexity index is 494. The van der Waals surface area contributed by atoms with E-state index in [9.17, 15) is 14.7 Å². The molecule has 7 atom stereocenters. The second kappa shape index (κ2) is 3.65. The Morgan fingerprint density at radius 3 is 2.30 bits per heavy atom. The molecule has 20 heavy (non-hydrogen) atoms. The van der Waals surface area contributed by atoms with Crippen LogP contribution in [0.4, 0.5) is 0 Å². The Morgan fingerprint density at radius 1 is 1.10 bits per heavy atom. The molecule has 0 aromatic carbocycles. The van der Waals surface area contributed by atoms with Gasteiger partial charge in [-0.3, -0.25) is 14.5 Å². The van der Waals surface area contributed by atoms with Gasteiger partial charge in [0.15, 0.2) is 0 Å². The van der Waals surface area contributed by atoms with E-state index in [1.807, 2.05) is 20.8 Å². The average Bonchev–Trinajstić information content (AvgIpc) is 2.94. The van der Waals surface area contributed by atoms with Crippen molar-refractivity contribution in [2.75, 3.05) is 0 Å². The van der Waals surface area contributed by atoms with Gasteiger partial charge in [0.05, 0.1) is 18.1 Å². The number of likely N-dealkylation sites (tertiary alicyclic amines) is 1. The lowest BCUT2D eigenvalue weighted by molar-refractivity contribution is -0.177. The topological polar surface area (TPSA) is 57.6 Å². The van der Waals surface area contributed by atoms with Gasteiger partial charge in [0.1, 0.15) is 0 Å². The van der Waals surface area contributed by atoms with Crippen molar-refractivity contribution in [3.05, 3.63) is 0 Å². The maximum atomic E-state index is 12.5. The van der Waals surface area contributed by atoms with Crippen LogP contribution in [0.2, 0.25) is 0 Å². The minimum atomic E-state index is -0.489. The largest absolute Gasteiger partial charge is 0.393 e. The Hall–Kier alpha value is -0.900. The molecule has 1 aliphatic heterocycles. The van der Waals surface area contributed by atoms with Crippen LogP contribution in [-0.2, 0) is 9.59 Å². The third kappa shape index (κ3) is 1.36. The Morgan fingerprint density at radius 2 is 1.70 bits per heavy atom. The number of hydrogen-bond acceptors (Lipinski definition) is 3.